The molecular weight excluding hydrogens is 448 g/mol. The predicted octanol–water partition coefficient (Wildman–Crippen LogP) is 4.50. The highest BCUT2D eigenvalue weighted by atomic mass is 32.2. The van der Waals surface area contributed by atoms with E-state index in [-0.39, 0.29) is 16.6 Å². The quantitative estimate of drug-likeness (QED) is 0.352. The Balaban J connectivity index is 1.32. The molecule has 4 rings (SSSR count). The standard InChI is InChI=1S/C23H22N2O5S2/c1-25(13-6-14-29-16-7-5-8-17(15-16)32(2,27)28)23(26)20-12-11-19(30-20)22-24-18-9-3-4-10-21(18)31-22/h3-5,7-12,15H,6,13-14H2,1-2H3. The van der Waals surface area contributed by atoms with Gasteiger partial charge in [0.05, 0.1) is 21.7 Å². The lowest BCUT2D eigenvalue weighted by Gasteiger charge is -2.16. The summed E-state index contributed by atoms with van der Waals surface area (Å²) in [6.07, 6.45) is 1.74. The van der Waals surface area contributed by atoms with Gasteiger partial charge in [0.2, 0.25) is 0 Å². The van der Waals surface area contributed by atoms with Crippen molar-refractivity contribution in [2.75, 3.05) is 26.5 Å². The fourth-order valence-corrected chi connectivity index (χ4v) is 4.70. The predicted molar refractivity (Wildman–Crippen MR) is 124 cm³/mol. The molecule has 0 saturated heterocycles. The van der Waals surface area contributed by atoms with Gasteiger partial charge in [-0.1, -0.05) is 18.2 Å². The largest absolute Gasteiger partial charge is 0.493 e. The topological polar surface area (TPSA) is 89.7 Å². The molecule has 2 aromatic carbocycles. The summed E-state index contributed by atoms with van der Waals surface area (Å²) in [6.45, 7) is 0.807. The van der Waals surface area contributed by atoms with Crippen LogP contribution in [0, 0.1) is 0 Å². The van der Waals surface area contributed by atoms with E-state index in [0.29, 0.717) is 31.1 Å². The molecule has 0 spiro atoms. The van der Waals surface area contributed by atoms with Crippen molar-refractivity contribution < 1.29 is 22.4 Å². The van der Waals surface area contributed by atoms with Crippen molar-refractivity contribution in [3.8, 4) is 16.5 Å². The summed E-state index contributed by atoms with van der Waals surface area (Å²) in [5.74, 6) is 1.07. The van der Waals surface area contributed by atoms with Crippen LogP contribution in [-0.2, 0) is 9.84 Å². The number of rotatable bonds is 8. The van der Waals surface area contributed by atoms with E-state index in [1.165, 1.54) is 23.5 Å². The van der Waals surface area contributed by atoms with Gasteiger partial charge in [-0.15, -0.1) is 11.3 Å². The molecular formula is C23H22N2O5S2. The number of thiazole rings is 1. The van der Waals surface area contributed by atoms with Gasteiger partial charge in [-0.3, -0.25) is 4.79 Å². The van der Waals surface area contributed by atoms with Crippen LogP contribution in [0.3, 0.4) is 0 Å². The minimum Gasteiger partial charge on any atom is -0.493 e. The van der Waals surface area contributed by atoms with Crippen LogP contribution >= 0.6 is 11.3 Å². The molecule has 166 valence electrons. The first-order chi connectivity index (χ1) is 15.3. The van der Waals surface area contributed by atoms with Gasteiger partial charge in [-0.05, 0) is 48.9 Å². The summed E-state index contributed by atoms with van der Waals surface area (Å²) in [5.41, 5.74) is 0.899. The third-order valence-electron chi connectivity index (χ3n) is 4.81. The van der Waals surface area contributed by atoms with Crippen LogP contribution in [0.1, 0.15) is 17.0 Å². The fraction of sp³-hybridized carbons (Fsp3) is 0.217. The number of furan rings is 1. The molecule has 0 aliphatic carbocycles. The Morgan fingerprint density at radius 2 is 1.94 bits per heavy atom. The SMILES string of the molecule is CN(CCCOc1cccc(S(C)(=O)=O)c1)C(=O)c1ccc(-c2nc3ccccc3s2)o1. The van der Waals surface area contributed by atoms with E-state index in [1.54, 1.807) is 36.2 Å². The van der Waals surface area contributed by atoms with E-state index < -0.39 is 9.84 Å². The Morgan fingerprint density at radius 1 is 1.12 bits per heavy atom. The average molecular weight is 471 g/mol. The van der Waals surface area contributed by atoms with Crippen molar-refractivity contribution in [3.63, 3.8) is 0 Å². The number of hydrogen-bond acceptors (Lipinski definition) is 7. The summed E-state index contributed by atoms with van der Waals surface area (Å²) in [7, 11) is -1.58. The molecule has 4 aromatic rings. The first-order valence-corrected chi connectivity index (χ1v) is 12.7. The van der Waals surface area contributed by atoms with E-state index in [0.717, 1.165) is 21.5 Å². The van der Waals surface area contributed by atoms with Crippen molar-refractivity contribution in [2.45, 2.75) is 11.3 Å². The molecule has 0 N–H and O–H groups in total. The number of fused-ring (bicyclic) bond motifs is 1. The number of para-hydroxylation sites is 1. The van der Waals surface area contributed by atoms with Crippen LogP contribution < -0.4 is 4.74 Å². The van der Waals surface area contributed by atoms with Gasteiger partial charge >= 0.3 is 0 Å². The second kappa shape index (κ2) is 9.13. The summed E-state index contributed by atoms with van der Waals surface area (Å²) < 4.78 is 35.7. The molecule has 2 heterocycles. The van der Waals surface area contributed by atoms with Gasteiger partial charge in [0.25, 0.3) is 5.91 Å². The molecule has 0 saturated carbocycles. The lowest BCUT2D eigenvalue weighted by molar-refractivity contribution is 0.0757. The summed E-state index contributed by atoms with van der Waals surface area (Å²) in [5, 5.41) is 0.734. The molecule has 0 fully saturated rings. The molecule has 0 aliphatic heterocycles. The average Bonchev–Trinajstić information content (AvgIpc) is 3.42. The van der Waals surface area contributed by atoms with Crippen molar-refractivity contribution in [2.24, 2.45) is 0 Å². The van der Waals surface area contributed by atoms with Crippen molar-refractivity contribution in [1.82, 2.24) is 9.88 Å². The molecule has 0 atom stereocenters. The van der Waals surface area contributed by atoms with E-state index in [4.69, 9.17) is 9.15 Å². The van der Waals surface area contributed by atoms with Crippen LogP contribution in [0.2, 0.25) is 0 Å². The smallest absolute Gasteiger partial charge is 0.289 e. The number of nitrogens with zero attached hydrogens (tertiary/aromatic N) is 2. The van der Waals surface area contributed by atoms with Gasteiger partial charge in [0.15, 0.2) is 26.4 Å². The number of carbonyl (C=O) groups is 1. The Morgan fingerprint density at radius 3 is 2.72 bits per heavy atom. The van der Waals surface area contributed by atoms with E-state index >= 15 is 0 Å². The highest BCUT2D eigenvalue weighted by molar-refractivity contribution is 7.90. The minimum atomic E-state index is -3.28. The maximum Gasteiger partial charge on any atom is 0.289 e. The molecule has 0 unspecified atom stereocenters. The van der Waals surface area contributed by atoms with Crippen molar-refractivity contribution >= 4 is 37.3 Å². The second-order valence-electron chi connectivity index (χ2n) is 7.33. The summed E-state index contributed by atoms with van der Waals surface area (Å²) in [6, 6.07) is 17.6. The number of carbonyl (C=O) groups excluding carboxylic acids is 1. The monoisotopic (exact) mass is 470 g/mol. The highest BCUT2D eigenvalue weighted by Gasteiger charge is 2.18. The van der Waals surface area contributed by atoms with Crippen LogP contribution in [-0.4, -0.2) is 50.7 Å². The zero-order valence-corrected chi connectivity index (χ0v) is 19.3. The number of ether oxygens (including phenoxy) is 1. The number of hydrogen-bond donors (Lipinski definition) is 0. The number of benzene rings is 2. The van der Waals surface area contributed by atoms with Crippen molar-refractivity contribution in [1.29, 1.82) is 0 Å². The lowest BCUT2D eigenvalue weighted by Crippen LogP contribution is -2.28. The number of amides is 1. The third kappa shape index (κ3) is 5.00. The molecule has 1 amide bonds. The van der Waals surface area contributed by atoms with Crippen LogP contribution in [0.25, 0.3) is 21.0 Å². The number of aromatic nitrogens is 1. The van der Waals surface area contributed by atoms with E-state index in [2.05, 4.69) is 4.98 Å². The number of sulfone groups is 1. The Hall–Kier alpha value is -3.17. The maximum absolute atomic E-state index is 12.7. The third-order valence-corrected chi connectivity index (χ3v) is 6.97. The van der Waals surface area contributed by atoms with Gasteiger partial charge in [0, 0.05) is 19.8 Å². The van der Waals surface area contributed by atoms with Crippen LogP contribution in [0.5, 0.6) is 5.75 Å². The zero-order valence-electron chi connectivity index (χ0n) is 17.6. The van der Waals surface area contributed by atoms with Crippen molar-refractivity contribution in [3.05, 3.63) is 66.4 Å². The molecule has 2 aromatic heterocycles. The molecule has 7 nitrogen and oxygen atoms in total. The molecule has 9 heteroatoms. The summed E-state index contributed by atoms with van der Waals surface area (Å²) >= 11 is 1.52. The lowest BCUT2D eigenvalue weighted by atomic mass is 10.3. The molecule has 0 radical (unpaired) electrons. The molecule has 0 bridgehead atoms. The molecule has 32 heavy (non-hydrogen) atoms. The Labute approximate surface area is 190 Å². The van der Waals surface area contributed by atoms with E-state index in [1.807, 2.05) is 24.3 Å². The van der Waals surface area contributed by atoms with Crippen LogP contribution in [0.4, 0.5) is 0 Å². The maximum atomic E-state index is 12.7. The Kier molecular flexibility index (Phi) is 6.29. The zero-order chi connectivity index (χ0) is 22.7. The van der Waals surface area contributed by atoms with Crippen LogP contribution in [0.15, 0.2) is 70.0 Å². The Bertz CT molecular complexity index is 1320. The first-order valence-electron chi connectivity index (χ1n) is 9.95. The summed E-state index contributed by atoms with van der Waals surface area (Å²) in [4.78, 5) is 19.0. The highest BCUT2D eigenvalue weighted by Crippen LogP contribution is 2.31. The minimum absolute atomic E-state index is 0.212. The first kappa shape index (κ1) is 22.0. The van der Waals surface area contributed by atoms with E-state index in [9.17, 15) is 13.2 Å². The van der Waals surface area contributed by atoms with Gasteiger partial charge < -0.3 is 14.1 Å². The second-order valence-corrected chi connectivity index (χ2v) is 10.4. The van der Waals surface area contributed by atoms with Gasteiger partial charge in [-0.25, -0.2) is 13.4 Å². The fourth-order valence-electron chi connectivity index (χ4n) is 3.12. The van der Waals surface area contributed by atoms with Gasteiger partial charge in [0.1, 0.15) is 5.75 Å². The van der Waals surface area contributed by atoms with Gasteiger partial charge in [-0.2, -0.15) is 0 Å². The normalized spacial score (nSPS) is 11.6. The molecule has 0 aliphatic rings.